The van der Waals surface area contributed by atoms with Crippen LogP contribution in [0.3, 0.4) is 0 Å². The molecule has 1 unspecified atom stereocenters. The fourth-order valence-corrected chi connectivity index (χ4v) is 2.76. The van der Waals surface area contributed by atoms with Gasteiger partial charge in [-0.15, -0.1) is 12.4 Å². The van der Waals surface area contributed by atoms with Crippen molar-refractivity contribution in [1.29, 1.82) is 0 Å². The fourth-order valence-electron chi connectivity index (χ4n) is 2.37. The standard InChI is InChI=1S/C13H16Cl2N2O.ClH/c1-16-8-9-4-3-7-17(9)13(18)10-5-2-6-11(14)12(10)15;/h2,5-6,9,16H,3-4,7-8H2,1H3;1H. The molecule has 1 aromatic rings. The van der Waals surface area contributed by atoms with Crippen LogP contribution in [0.4, 0.5) is 0 Å². The Morgan fingerprint density at radius 1 is 1.47 bits per heavy atom. The van der Waals surface area contributed by atoms with Gasteiger partial charge in [0, 0.05) is 19.1 Å². The van der Waals surface area contributed by atoms with Gasteiger partial charge in [-0.25, -0.2) is 0 Å². The average molecular weight is 324 g/mol. The summed E-state index contributed by atoms with van der Waals surface area (Å²) in [6.45, 7) is 1.60. The molecule has 106 valence electrons. The second kappa shape index (κ2) is 7.34. The molecule has 0 spiro atoms. The smallest absolute Gasteiger partial charge is 0.255 e. The molecule has 1 atom stereocenters. The molecule has 1 aliphatic rings. The quantitative estimate of drug-likeness (QED) is 0.926. The minimum Gasteiger partial charge on any atom is -0.334 e. The van der Waals surface area contributed by atoms with Crippen molar-refractivity contribution in [1.82, 2.24) is 10.2 Å². The number of nitrogens with zero attached hydrogens (tertiary/aromatic N) is 1. The summed E-state index contributed by atoms with van der Waals surface area (Å²) in [5.41, 5.74) is 0.493. The van der Waals surface area contributed by atoms with E-state index in [1.165, 1.54) is 0 Å². The normalized spacial score (nSPS) is 18.3. The highest BCUT2D eigenvalue weighted by atomic mass is 35.5. The van der Waals surface area contributed by atoms with Gasteiger partial charge in [-0.05, 0) is 32.0 Å². The zero-order valence-electron chi connectivity index (χ0n) is 10.7. The molecule has 1 aromatic carbocycles. The van der Waals surface area contributed by atoms with Gasteiger partial charge in [0.25, 0.3) is 5.91 Å². The predicted octanol–water partition coefficient (Wildman–Crippen LogP) is 3.24. The summed E-state index contributed by atoms with van der Waals surface area (Å²) in [6, 6.07) is 5.42. The zero-order chi connectivity index (χ0) is 13.1. The second-order valence-corrected chi connectivity index (χ2v) is 5.24. The summed E-state index contributed by atoms with van der Waals surface area (Å²) in [5, 5.41) is 3.89. The van der Waals surface area contributed by atoms with Gasteiger partial charge in [0.15, 0.2) is 0 Å². The van der Waals surface area contributed by atoms with Crippen molar-refractivity contribution >= 4 is 41.5 Å². The zero-order valence-corrected chi connectivity index (χ0v) is 13.0. The number of likely N-dealkylation sites (N-methyl/N-ethyl adjacent to an activating group) is 1. The Morgan fingerprint density at radius 2 is 2.21 bits per heavy atom. The SMILES string of the molecule is CNCC1CCCN1C(=O)c1cccc(Cl)c1Cl.Cl. The van der Waals surface area contributed by atoms with Crippen LogP contribution in [0.2, 0.25) is 10.0 Å². The summed E-state index contributed by atoms with van der Waals surface area (Å²) in [6.07, 6.45) is 2.07. The number of carbonyl (C=O) groups excluding carboxylic acids is 1. The Balaban J connectivity index is 0.00000180. The summed E-state index contributed by atoms with van der Waals surface area (Å²) >= 11 is 12.0. The third-order valence-corrected chi connectivity index (χ3v) is 4.08. The Hall–Kier alpha value is -0.480. The molecule has 1 saturated heterocycles. The van der Waals surface area contributed by atoms with E-state index in [1.807, 2.05) is 11.9 Å². The predicted molar refractivity (Wildman–Crippen MR) is 81.7 cm³/mol. The van der Waals surface area contributed by atoms with Gasteiger partial charge in [0.1, 0.15) is 0 Å². The van der Waals surface area contributed by atoms with Crippen molar-refractivity contribution in [2.24, 2.45) is 0 Å². The summed E-state index contributed by atoms with van der Waals surface area (Å²) < 4.78 is 0. The molecule has 0 bridgehead atoms. The first kappa shape index (κ1) is 16.6. The molecule has 1 aliphatic heterocycles. The van der Waals surface area contributed by atoms with Crippen LogP contribution in [0.25, 0.3) is 0 Å². The number of likely N-dealkylation sites (tertiary alicyclic amines) is 1. The van der Waals surface area contributed by atoms with Crippen molar-refractivity contribution in [2.45, 2.75) is 18.9 Å². The van der Waals surface area contributed by atoms with Crippen LogP contribution < -0.4 is 5.32 Å². The second-order valence-electron chi connectivity index (χ2n) is 4.45. The van der Waals surface area contributed by atoms with E-state index in [0.717, 1.165) is 25.9 Å². The third-order valence-electron chi connectivity index (χ3n) is 3.26. The lowest BCUT2D eigenvalue weighted by Gasteiger charge is -2.25. The van der Waals surface area contributed by atoms with E-state index >= 15 is 0 Å². The molecule has 2 rings (SSSR count). The molecular weight excluding hydrogens is 307 g/mol. The van der Waals surface area contributed by atoms with Gasteiger partial charge in [0.2, 0.25) is 0 Å². The third kappa shape index (κ3) is 3.54. The Labute approximate surface area is 129 Å². The van der Waals surface area contributed by atoms with Crippen LogP contribution in [-0.2, 0) is 0 Å². The van der Waals surface area contributed by atoms with E-state index in [-0.39, 0.29) is 24.4 Å². The van der Waals surface area contributed by atoms with Crippen LogP contribution in [-0.4, -0.2) is 37.0 Å². The largest absolute Gasteiger partial charge is 0.334 e. The number of carbonyl (C=O) groups is 1. The Bertz CT molecular complexity index is 454. The lowest BCUT2D eigenvalue weighted by Crippen LogP contribution is -2.40. The van der Waals surface area contributed by atoms with Crippen molar-refractivity contribution in [3.8, 4) is 0 Å². The first-order valence-corrected chi connectivity index (χ1v) is 6.80. The highest BCUT2D eigenvalue weighted by Crippen LogP contribution is 2.28. The molecule has 1 N–H and O–H groups in total. The van der Waals surface area contributed by atoms with Gasteiger partial charge in [0.05, 0.1) is 15.6 Å². The number of halogens is 3. The summed E-state index contributed by atoms with van der Waals surface area (Å²) in [7, 11) is 1.90. The molecule has 0 saturated carbocycles. The van der Waals surface area contributed by atoms with E-state index in [2.05, 4.69) is 5.32 Å². The molecule has 3 nitrogen and oxygen atoms in total. The van der Waals surface area contributed by atoms with Crippen molar-refractivity contribution in [3.05, 3.63) is 33.8 Å². The topological polar surface area (TPSA) is 32.3 Å². The van der Waals surface area contributed by atoms with Crippen LogP contribution in [0.15, 0.2) is 18.2 Å². The van der Waals surface area contributed by atoms with Crippen molar-refractivity contribution in [3.63, 3.8) is 0 Å². The Kier molecular flexibility index (Phi) is 6.40. The number of hydrogen-bond donors (Lipinski definition) is 1. The first-order chi connectivity index (χ1) is 8.65. The van der Waals surface area contributed by atoms with E-state index < -0.39 is 0 Å². The van der Waals surface area contributed by atoms with E-state index in [9.17, 15) is 4.79 Å². The summed E-state index contributed by atoms with van der Waals surface area (Å²) in [5.74, 6) is -0.0275. The first-order valence-electron chi connectivity index (χ1n) is 6.04. The van der Waals surface area contributed by atoms with Gasteiger partial charge in [-0.1, -0.05) is 29.3 Å². The Morgan fingerprint density at radius 3 is 2.89 bits per heavy atom. The van der Waals surface area contributed by atoms with Crippen LogP contribution in [0.1, 0.15) is 23.2 Å². The molecule has 19 heavy (non-hydrogen) atoms. The number of hydrogen-bond acceptors (Lipinski definition) is 2. The van der Waals surface area contributed by atoms with Crippen molar-refractivity contribution < 1.29 is 4.79 Å². The van der Waals surface area contributed by atoms with E-state index in [4.69, 9.17) is 23.2 Å². The summed E-state index contributed by atoms with van der Waals surface area (Å²) in [4.78, 5) is 14.3. The molecule has 0 aliphatic carbocycles. The number of benzene rings is 1. The molecule has 0 aromatic heterocycles. The number of rotatable bonds is 3. The maximum Gasteiger partial charge on any atom is 0.255 e. The van der Waals surface area contributed by atoms with Crippen LogP contribution in [0, 0.1) is 0 Å². The maximum atomic E-state index is 12.5. The molecule has 0 radical (unpaired) electrons. The highest BCUT2D eigenvalue weighted by molar-refractivity contribution is 6.43. The highest BCUT2D eigenvalue weighted by Gasteiger charge is 2.30. The van der Waals surface area contributed by atoms with E-state index in [1.54, 1.807) is 18.2 Å². The van der Waals surface area contributed by atoms with Crippen LogP contribution in [0.5, 0.6) is 0 Å². The molecule has 6 heteroatoms. The van der Waals surface area contributed by atoms with Crippen molar-refractivity contribution in [2.75, 3.05) is 20.1 Å². The lowest BCUT2D eigenvalue weighted by atomic mass is 10.1. The average Bonchev–Trinajstić information content (AvgIpc) is 2.80. The van der Waals surface area contributed by atoms with Gasteiger partial charge < -0.3 is 10.2 Å². The van der Waals surface area contributed by atoms with Crippen LogP contribution >= 0.6 is 35.6 Å². The monoisotopic (exact) mass is 322 g/mol. The van der Waals surface area contributed by atoms with Gasteiger partial charge >= 0.3 is 0 Å². The lowest BCUT2D eigenvalue weighted by molar-refractivity contribution is 0.0737. The number of nitrogens with one attached hydrogen (secondary N) is 1. The molecule has 1 amide bonds. The molecule has 1 heterocycles. The van der Waals surface area contributed by atoms with Gasteiger partial charge in [-0.3, -0.25) is 4.79 Å². The minimum atomic E-state index is -0.0275. The molecular formula is C13H17Cl3N2O. The fraction of sp³-hybridized carbons (Fsp3) is 0.462. The number of amides is 1. The maximum absolute atomic E-state index is 12.5. The van der Waals surface area contributed by atoms with E-state index in [0.29, 0.717) is 15.6 Å². The minimum absolute atomic E-state index is 0. The van der Waals surface area contributed by atoms with Gasteiger partial charge in [-0.2, -0.15) is 0 Å². The molecule has 1 fully saturated rings.